The van der Waals surface area contributed by atoms with Gasteiger partial charge in [-0.3, -0.25) is 0 Å². The second kappa shape index (κ2) is 5.44. The molecule has 0 aliphatic rings. The summed E-state index contributed by atoms with van der Waals surface area (Å²) in [5.74, 6) is 0.635. The largest absolute Gasteiger partial charge is 0.399 e. The number of aromatic amines is 1. The quantitative estimate of drug-likeness (QED) is 0.723. The Labute approximate surface area is 122 Å². The van der Waals surface area contributed by atoms with E-state index < -0.39 is 0 Å². The van der Waals surface area contributed by atoms with E-state index in [4.69, 9.17) is 5.73 Å². The van der Waals surface area contributed by atoms with Crippen molar-refractivity contribution in [2.75, 3.05) is 17.2 Å². The van der Waals surface area contributed by atoms with Gasteiger partial charge in [-0.25, -0.2) is 9.37 Å². The maximum absolute atomic E-state index is 13.0. The molecule has 1 aromatic heterocycles. The standard InChI is InChI=1S/C16H17FN4/c1-2-21(13-6-3-11(17)4-7-13)10-16-19-14-8-5-12(18)9-15(14)20-16/h3-9H,2,10,18H2,1H3,(H,19,20). The first-order valence-corrected chi connectivity index (χ1v) is 6.90. The highest BCUT2D eigenvalue weighted by Crippen LogP contribution is 2.19. The van der Waals surface area contributed by atoms with Gasteiger partial charge in [-0.15, -0.1) is 0 Å². The minimum absolute atomic E-state index is 0.228. The zero-order chi connectivity index (χ0) is 14.8. The van der Waals surface area contributed by atoms with E-state index in [0.717, 1.165) is 29.1 Å². The van der Waals surface area contributed by atoms with Crippen LogP contribution in [0.5, 0.6) is 0 Å². The number of imidazole rings is 1. The number of H-pyrrole nitrogens is 1. The van der Waals surface area contributed by atoms with E-state index in [-0.39, 0.29) is 5.82 Å². The minimum Gasteiger partial charge on any atom is -0.399 e. The van der Waals surface area contributed by atoms with Crippen LogP contribution in [-0.4, -0.2) is 16.5 Å². The third kappa shape index (κ3) is 2.81. The van der Waals surface area contributed by atoms with Crippen LogP contribution in [0.2, 0.25) is 0 Å². The van der Waals surface area contributed by atoms with Gasteiger partial charge in [0, 0.05) is 17.9 Å². The van der Waals surface area contributed by atoms with E-state index in [9.17, 15) is 4.39 Å². The number of nitrogens with zero attached hydrogens (tertiary/aromatic N) is 2. The predicted octanol–water partition coefficient (Wildman–Crippen LogP) is 3.31. The second-order valence-corrected chi connectivity index (χ2v) is 4.95. The summed E-state index contributed by atoms with van der Waals surface area (Å²) in [5.41, 5.74) is 9.28. The maximum Gasteiger partial charge on any atom is 0.126 e. The number of nitrogen functional groups attached to an aromatic ring is 1. The van der Waals surface area contributed by atoms with Crippen molar-refractivity contribution in [3.8, 4) is 0 Å². The highest BCUT2D eigenvalue weighted by Gasteiger charge is 2.09. The van der Waals surface area contributed by atoms with Crippen molar-refractivity contribution in [3.05, 3.63) is 54.1 Å². The molecule has 108 valence electrons. The monoisotopic (exact) mass is 284 g/mol. The molecule has 0 saturated carbocycles. The third-order valence-electron chi connectivity index (χ3n) is 3.47. The molecule has 3 N–H and O–H groups in total. The first-order chi connectivity index (χ1) is 10.2. The van der Waals surface area contributed by atoms with Gasteiger partial charge in [0.1, 0.15) is 11.6 Å². The fraction of sp³-hybridized carbons (Fsp3) is 0.188. The second-order valence-electron chi connectivity index (χ2n) is 4.95. The molecule has 1 heterocycles. The number of nitrogens with one attached hydrogen (secondary N) is 1. The summed E-state index contributed by atoms with van der Waals surface area (Å²) in [5, 5.41) is 0. The Hall–Kier alpha value is -2.56. The fourth-order valence-electron chi connectivity index (χ4n) is 2.37. The zero-order valence-corrected chi connectivity index (χ0v) is 11.8. The maximum atomic E-state index is 13.0. The number of halogens is 1. The molecule has 5 heteroatoms. The number of rotatable bonds is 4. The number of nitrogens with two attached hydrogens (primary N) is 1. The summed E-state index contributed by atoms with van der Waals surface area (Å²) in [6, 6.07) is 12.1. The normalized spacial score (nSPS) is 11.0. The van der Waals surface area contributed by atoms with Crippen LogP contribution in [0.25, 0.3) is 11.0 Å². The molecule has 0 amide bonds. The van der Waals surface area contributed by atoms with Crippen molar-refractivity contribution in [1.29, 1.82) is 0 Å². The predicted molar refractivity (Wildman–Crippen MR) is 83.6 cm³/mol. The van der Waals surface area contributed by atoms with Gasteiger partial charge >= 0.3 is 0 Å². The van der Waals surface area contributed by atoms with Crippen LogP contribution in [0.3, 0.4) is 0 Å². The lowest BCUT2D eigenvalue weighted by molar-refractivity contribution is 0.627. The lowest BCUT2D eigenvalue weighted by Gasteiger charge is -2.21. The first-order valence-electron chi connectivity index (χ1n) is 6.90. The van der Waals surface area contributed by atoms with Gasteiger partial charge in [-0.05, 0) is 49.4 Å². The van der Waals surface area contributed by atoms with Gasteiger partial charge in [0.2, 0.25) is 0 Å². The van der Waals surface area contributed by atoms with E-state index in [2.05, 4.69) is 21.8 Å². The van der Waals surface area contributed by atoms with Gasteiger partial charge in [-0.1, -0.05) is 0 Å². The molecule has 4 nitrogen and oxygen atoms in total. The van der Waals surface area contributed by atoms with E-state index in [1.165, 1.54) is 12.1 Å². The van der Waals surface area contributed by atoms with Gasteiger partial charge in [0.15, 0.2) is 0 Å². The molecule has 0 spiro atoms. The van der Waals surface area contributed by atoms with Crippen LogP contribution in [0.1, 0.15) is 12.7 Å². The summed E-state index contributed by atoms with van der Waals surface area (Å²) >= 11 is 0. The molecule has 0 atom stereocenters. The average molecular weight is 284 g/mol. The van der Waals surface area contributed by atoms with Crippen LogP contribution < -0.4 is 10.6 Å². The molecule has 2 aromatic carbocycles. The Bertz CT molecular complexity index is 749. The van der Waals surface area contributed by atoms with E-state index in [1.54, 1.807) is 12.1 Å². The number of anilines is 2. The van der Waals surface area contributed by atoms with Crippen molar-refractivity contribution < 1.29 is 4.39 Å². The smallest absolute Gasteiger partial charge is 0.126 e. The van der Waals surface area contributed by atoms with Crippen LogP contribution in [0.4, 0.5) is 15.8 Å². The Morgan fingerprint density at radius 1 is 1.19 bits per heavy atom. The number of fused-ring (bicyclic) bond motifs is 1. The zero-order valence-electron chi connectivity index (χ0n) is 11.8. The first kappa shape index (κ1) is 13.4. The van der Waals surface area contributed by atoms with Crippen molar-refractivity contribution in [2.45, 2.75) is 13.5 Å². The molecule has 0 saturated heterocycles. The Morgan fingerprint density at radius 2 is 1.95 bits per heavy atom. The van der Waals surface area contributed by atoms with Crippen LogP contribution in [0.15, 0.2) is 42.5 Å². The van der Waals surface area contributed by atoms with E-state index >= 15 is 0 Å². The number of hydrogen-bond acceptors (Lipinski definition) is 3. The van der Waals surface area contributed by atoms with Crippen LogP contribution in [-0.2, 0) is 6.54 Å². The lowest BCUT2D eigenvalue weighted by atomic mass is 10.2. The molecule has 0 bridgehead atoms. The molecule has 0 aliphatic heterocycles. The number of benzene rings is 2. The molecule has 3 rings (SSSR count). The molecule has 0 fully saturated rings. The van der Waals surface area contributed by atoms with E-state index in [1.807, 2.05) is 18.2 Å². The molecular formula is C16H17FN4. The number of aromatic nitrogens is 2. The Morgan fingerprint density at radius 3 is 2.67 bits per heavy atom. The summed E-state index contributed by atoms with van der Waals surface area (Å²) in [7, 11) is 0. The average Bonchev–Trinajstić information content (AvgIpc) is 2.87. The van der Waals surface area contributed by atoms with Gasteiger partial charge in [-0.2, -0.15) is 0 Å². The minimum atomic E-state index is -0.228. The topological polar surface area (TPSA) is 57.9 Å². The third-order valence-corrected chi connectivity index (χ3v) is 3.47. The van der Waals surface area contributed by atoms with Gasteiger partial charge in [0.25, 0.3) is 0 Å². The van der Waals surface area contributed by atoms with Crippen LogP contribution in [0, 0.1) is 5.82 Å². The van der Waals surface area contributed by atoms with Crippen molar-refractivity contribution in [1.82, 2.24) is 9.97 Å². The molecule has 21 heavy (non-hydrogen) atoms. The molecule has 0 unspecified atom stereocenters. The molecular weight excluding hydrogens is 267 g/mol. The molecule has 0 aliphatic carbocycles. The summed E-state index contributed by atoms with van der Waals surface area (Å²) in [4.78, 5) is 9.96. The highest BCUT2D eigenvalue weighted by molar-refractivity contribution is 5.78. The van der Waals surface area contributed by atoms with Crippen molar-refractivity contribution in [3.63, 3.8) is 0 Å². The van der Waals surface area contributed by atoms with Gasteiger partial charge in [0.05, 0.1) is 17.6 Å². The molecule has 0 radical (unpaired) electrons. The Balaban J connectivity index is 1.86. The van der Waals surface area contributed by atoms with Gasteiger partial charge < -0.3 is 15.6 Å². The summed E-state index contributed by atoms with van der Waals surface area (Å²) in [6.07, 6.45) is 0. The SMILES string of the molecule is CCN(Cc1nc2ccc(N)cc2[nH]1)c1ccc(F)cc1. The Kier molecular flexibility index (Phi) is 3.48. The molecule has 3 aromatic rings. The number of hydrogen-bond donors (Lipinski definition) is 2. The summed E-state index contributed by atoms with van der Waals surface area (Å²) in [6.45, 7) is 3.51. The fourth-order valence-corrected chi connectivity index (χ4v) is 2.37. The van der Waals surface area contributed by atoms with Crippen LogP contribution >= 0.6 is 0 Å². The lowest BCUT2D eigenvalue weighted by Crippen LogP contribution is -2.22. The van der Waals surface area contributed by atoms with E-state index in [0.29, 0.717) is 12.2 Å². The summed E-state index contributed by atoms with van der Waals surface area (Å²) < 4.78 is 13.0. The van der Waals surface area contributed by atoms with Crippen molar-refractivity contribution >= 4 is 22.4 Å². The van der Waals surface area contributed by atoms with Crippen molar-refractivity contribution in [2.24, 2.45) is 0 Å². The highest BCUT2D eigenvalue weighted by atomic mass is 19.1.